The van der Waals surface area contributed by atoms with E-state index in [1.165, 1.54) is 0 Å². The molecule has 5 heteroatoms. The molecule has 0 aliphatic rings. The van der Waals surface area contributed by atoms with Crippen LogP contribution in [0.15, 0.2) is 26.8 Å². The molecule has 1 N–H and O–H groups in total. The molecule has 0 aliphatic carbocycles. The van der Waals surface area contributed by atoms with Crippen LogP contribution in [0.3, 0.4) is 0 Å². The van der Waals surface area contributed by atoms with E-state index in [0.717, 1.165) is 27.9 Å². The molecule has 2 aromatic rings. The predicted octanol–water partition coefficient (Wildman–Crippen LogP) is 3.21. The standard InChI is InChI=1S/C11H11BrN2OS/c1-2-3-7-6-9(15)14-11(13-7)10-8(12)4-5-16-10/h4-6H,2-3H2,1H3,(H,13,14,15). The maximum absolute atomic E-state index is 11.5. The Labute approximate surface area is 106 Å². The van der Waals surface area contributed by atoms with Gasteiger partial charge in [0.1, 0.15) is 0 Å². The molecule has 0 amide bonds. The van der Waals surface area contributed by atoms with Crippen LogP contribution in [0, 0.1) is 0 Å². The van der Waals surface area contributed by atoms with Gasteiger partial charge in [0.2, 0.25) is 0 Å². The summed E-state index contributed by atoms with van der Waals surface area (Å²) in [7, 11) is 0. The minimum atomic E-state index is -0.0891. The van der Waals surface area contributed by atoms with Crippen LogP contribution in [0.2, 0.25) is 0 Å². The summed E-state index contributed by atoms with van der Waals surface area (Å²) in [6.07, 6.45) is 1.82. The molecular weight excluding hydrogens is 288 g/mol. The molecule has 0 unspecified atom stereocenters. The molecule has 2 rings (SSSR count). The molecule has 16 heavy (non-hydrogen) atoms. The van der Waals surface area contributed by atoms with E-state index >= 15 is 0 Å². The Morgan fingerprint density at radius 1 is 1.56 bits per heavy atom. The van der Waals surface area contributed by atoms with Crippen molar-refractivity contribution in [3.8, 4) is 10.7 Å². The molecule has 0 aromatic carbocycles. The Hall–Kier alpha value is -0.940. The molecule has 0 spiro atoms. The number of aryl methyl sites for hydroxylation is 1. The van der Waals surface area contributed by atoms with Gasteiger partial charge >= 0.3 is 0 Å². The van der Waals surface area contributed by atoms with Crippen molar-refractivity contribution >= 4 is 27.3 Å². The molecule has 0 fully saturated rings. The van der Waals surface area contributed by atoms with E-state index in [4.69, 9.17) is 0 Å². The third-order valence-electron chi connectivity index (χ3n) is 2.13. The second-order valence-corrected chi connectivity index (χ2v) is 5.20. The lowest BCUT2D eigenvalue weighted by molar-refractivity contribution is 0.870. The van der Waals surface area contributed by atoms with Crippen LogP contribution in [0.25, 0.3) is 10.7 Å². The van der Waals surface area contributed by atoms with E-state index in [2.05, 4.69) is 32.8 Å². The summed E-state index contributed by atoms with van der Waals surface area (Å²) in [5.74, 6) is 0.651. The molecule has 2 aromatic heterocycles. The van der Waals surface area contributed by atoms with E-state index in [9.17, 15) is 4.79 Å². The topological polar surface area (TPSA) is 45.8 Å². The monoisotopic (exact) mass is 298 g/mol. The second kappa shape index (κ2) is 4.93. The maximum atomic E-state index is 11.5. The zero-order chi connectivity index (χ0) is 11.5. The van der Waals surface area contributed by atoms with Crippen LogP contribution in [0.1, 0.15) is 19.0 Å². The number of aromatic amines is 1. The third kappa shape index (κ3) is 2.41. The highest BCUT2D eigenvalue weighted by molar-refractivity contribution is 9.10. The third-order valence-corrected chi connectivity index (χ3v) is 3.98. The number of nitrogens with zero attached hydrogens (tertiary/aromatic N) is 1. The van der Waals surface area contributed by atoms with Crippen LogP contribution in [-0.2, 0) is 6.42 Å². The lowest BCUT2D eigenvalue weighted by atomic mass is 10.2. The van der Waals surface area contributed by atoms with Crippen molar-refractivity contribution in [3.63, 3.8) is 0 Å². The minimum Gasteiger partial charge on any atom is -0.306 e. The van der Waals surface area contributed by atoms with Crippen molar-refractivity contribution in [1.82, 2.24) is 9.97 Å². The van der Waals surface area contributed by atoms with Crippen molar-refractivity contribution in [2.24, 2.45) is 0 Å². The fraction of sp³-hybridized carbons (Fsp3) is 0.273. The molecule has 0 aliphatic heterocycles. The quantitative estimate of drug-likeness (QED) is 0.946. The molecule has 0 atom stereocenters. The van der Waals surface area contributed by atoms with Gasteiger partial charge in [-0.25, -0.2) is 4.98 Å². The Bertz CT molecular complexity index is 547. The first kappa shape index (κ1) is 11.5. The fourth-order valence-corrected chi connectivity index (χ4v) is 2.97. The van der Waals surface area contributed by atoms with Gasteiger partial charge in [-0.15, -0.1) is 11.3 Å². The maximum Gasteiger partial charge on any atom is 0.251 e. The van der Waals surface area contributed by atoms with Crippen molar-refractivity contribution < 1.29 is 0 Å². The van der Waals surface area contributed by atoms with Gasteiger partial charge < -0.3 is 4.98 Å². The van der Waals surface area contributed by atoms with E-state index in [-0.39, 0.29) is 5.56 Å². The highest BCUT2D eigenvalue weighted by Gasteiger charge is 2.08. The summed E-state index contributed by atoms with van der Waals surface area (Å²) >= 11 is 5.00. The van der Waals surface area contributed by atoms with Gasteiger partial charge in [0, 0.05) is 16.2 Å². The van der Waals surface area contributed by atoms with Crippen molar-refractivity contribution in [1.29, 1.82) is 0 Å². The molecule has 0 radical (unpaired) electrons. The lowest BCUT2D eigenvalue weighted by Crippen LogP contribution is -2.10. The van der Waals surface area contributed by atoms with Crippen LogP contribution >= 0.6 is 27.3 Å². The van der Waals surface area contributed by atoms with Crippen LogP contribution in [-0.4, -0.2) is 9.97 Å². The Kier molecular flexibility index (Phi) is 3.56. The lowest BCUT2D eigenvalue weighted by Gasteiger charge is -2.01. The molecule has 0 saturated heterocycles. The summed E-state index contributed by atoms with van der Waals surface area (Å²) in [4.78, 5) is 19.7. The summed E-state index contributed by atoms with van der Waals surface area (Å²) in [6, 6.07) is 3.51. The zero-order valence-corrected chi connectivity index (χ0v) is 11.2. The van der Waals surface area contributed by atoms with Gasteiger partial charge in [-0.3, -0.25) is 4.79 Å². The minimum absolute atomic E-state index is 0.0891. The van der Waals surface area contributed by atoms with Gasteiger partial charge in [-0.2, -0.15) is 0 Å². The molecule has 0 saturated carbocycles. The first-order chi connectivity index (χ1) is 7.70. The summed E-state index contributed by atoms with van der Waals surface area (Å²) in [5, 5.41) is 1.96. The Morgan fingerprint density at radius 2 is 2.38 bits per heavy atom. The van der Waals surface area contributed by atoms with Crippen LogP contribution in [0.4, 0.5) is 0 Å². The number of nitrogens with one attached hydrogen (secondary N) is 1. The average molecular weight is 299 g/mol. The average Bonchev–Trinajstić information content (AvgIpc) is 2.64. The van der Waals surface area contributed by atoms with E-state index < -0.39 is 0 Å². The number of hydrogen-bond acceptors (Lipinski definition) is 3. The largest absolute Gasteiger partial charge is 0.306 e. The smallest absolute Gasteiger partial charge is 0.251 e. The highest BCUT2D eigenvalue weighted by atomic mass is 79.9. The normalized spacial score (nSPS) is 10.6. The number of H-pyrrole nitrogens is 1. The Balaban J connectivity index is 2.49. The second-order valence-electron chi connectivity index (χ2n) is 3.43. The van der Waals surface area contributed by atoms with Gasteiger partial charge in [0.15, 0.2) is 5.82 Å². The van der Waals surface area contributed by atoms with Gasteiger partial charge in [0.05, 0.1) is 4.88 Å². The number of halogens is 1. The number of rotatable bonds is 3. The summed E-state index contributed by atoms with van der Waals surface area (Å²) < 4.78 is 0.967. The van der Waals surface area contributed by atoms with Crippen LogP contribution in [0.5, 0.6) is 0 Å². The van der Waals surface area contributed by atoms with Crippen molar-refractivity contribution in [3.05, 3.63) is 38.0 Å². The van der Waals surface area contributed by atoms with Crippen molar-refractivity contribution in [2.75, 3.05) is 0 Å². The van der Waals surface area contributed by atoms with Gasteiger partial charge in [-0.05, 0) is 33.8 Å². The summed E-state index contributed by atoms with van der Waals surface area (Å²) in [6.45, 7) is 2.07. The zero-order valence-electron chi connectivity index (χ0n) is 8.79. The van der Waals surface area contributed by atoms with E-state index in [0.29, 0.717) is 5.82 Å². The van der Waals surface area contributed by atoms with E-state index in [1.54, 1.807) is 17.4 Å². The predicted molar refractivity (Wildman–Crippen MR) is 69.9 cm³/mol. The molecule has 3 nitrogen and oxygen atoms in total. The van der Waals surface area contributed by atoms with Gasteiger partial charge in [-0.1, -0.05) is 13.3 Å². The molecule has 2 heterocycles. The van der Waals surface area contributed by atoms with Gasteiger partial charge in [0.25, 0.3) is 5.56 Å². The number of thiophene rings is 1. The summed E-state index contributed by atoms with van der Waals surface area (Å²) in [5.41, 5.74) is 0.760. The number of hydrogen-bond donors (Lipinski definition) is 1. The molecule has 0 bridgehead atoms. The molecular formula is C11H11BrN2OS. The fourth-order valence-electron chi connectivity index (χ4n) is 1.46. The number of aromatic nitrogens is 2. The van der Waals surface area contributed by atoms with Crippen LogP contribution < -0.4 is 5.56 Å². The van der Waals surface area contributed by atoms with Crippen molar-refractivity contribution in [2.45, 2.75) is 19.8 Å². The Morgan fingerprint density at radius 3 is 3.00 bits per heavy atom. The van der Waals surface area contributed by atoms with E-state index in [1.807, 2.05) is 11.4 Å². The first-order valence-corrected chi connectivity index (χ1v) is 6.71. The highest BCUT2D eigenvalue weighted by Crippen LogP contribution is 2.30. The SMILES string of the molecule is CCCc1cc(=O)[nH]c(-c2sccc2Br)n1. The molecule has 84 valence electrons. The first-order valence-electron chi connectivity index (χ1n) is 5.04.